The highest BCUT2D eigenvalue weighted by Crippen LogP contribution is 2.16. The molecule has 2 heterocycles. The Labute approximate surface area is 108 Å². The molecule has 2 N–H and O–H groups in total. The quantitative estimate of drug-likeness (QED) is 0.847. The molecule has 0 bridgehead atoms. The van der Waals surface area contributed by atoms with Gasteiger partial charge in [-0.3, -0.25) is 9.48 Å². The lowest BCUT2D eigenvalue weighted by Crippen LogP contribution is -2.34. The van der Waals surface area contributed by atoms with Gasteiger partial charge in [0.2, 0.25) is 5.91 Å². The number of nitrogens with zero attached hydrogens (tertiary/aromatic N) is 2. The molecule has 0 radical (unpaired) electrons. The van der Waals surface area contributed by atoms with Crippen molar-refractivity contribution in [3.8, 4) is 0 Å². The lowest BCUT2D eigenvalue weighted by molar-refractivity contribution is -0.120. The standard InChI is InChI=1S/C13H22N4O/c1-3-4-11-9-12(17(2)16-11)15-13(18)10-5-7-14-8-6-10/h9-10,14H,3-8H2,1-2H3,(H,15,18). The zero-order valence-corrected chi connectivity index (χ0v) is 11.2. The molecule has 1 aromatic rings. The first-order valence-corrected chi connectivity index (χ1v) is 6.75. The summed E-state index contributed by atoms with van der Waals surface area (Å²) in [7, 11) is 1.87. The Morgan fingerprint density at radius 2 is 2.28 bits per heavy atom. The van der Waals surface area contributed by atoms with Crippen molar-refractivity contribution in [1.82, 2.24) is 15.1 Å². The molecule has 0 atom stereocenters. The number of hydrogen-bond acceptors (Lipinski definition) is 3. The van der Waals surface area contributed by atoms with Crippen LogP contribution < -0.4 is 10.6 Å². The Balaban J connectivity index is 1.97. The third kappa shape index (κ3) is 3.10. The summed E-state index contributed by atoms with van der Waals surface area (Å²) < 4.78 is 1.75. The van der Waals surface area contributed by atoms with Gasteiger partial charge in [0.25, 0.3) is 0 Å². The van der Waals surface area contributed by atoms with Gasteiger partial charge >= 0.3 is 0 Å². The van der Waals surface area contributed by atoms with Crippen LogP contribution in [0.5, 0.6) is 0 Å². The first-order valence-electron chi connectivity index (χ1n) is 6.75. The normalized spacial score (nSPS) is 16.8. The van der Waals surface area contributed by atoms with E-state index in [0.717, 1.165) is 50.3 Å². The predicted molar refractivity (Wildman–Crippen MR) is 71.4 cm³/mol. The summed E-state index contributed by atoms with van der Waals surface area (Å²) in [5.41, 5.74) is 1.04. The molecular weight excluding hydrogens is 228 g/mol. The lowest BCUT2D eigenvalue weighted by Gasteiger charge is -2.21. The molecule has 0 unspecified atom stereocenters. The van der Waals surface area contributed by atoms with Crippen molar-refractivity contribution in [2.45, 2.75) is 32.6 Å². The van der Waals surface area contributed by atoms with Crippen molar-refractivity contribution < 1.29 is 4.79 Å². The highest BCUT2D eigenvalue weighted by atomic mass is 16.2. The van der Waals surface area contributed by atoms with Gasteiger partial charge in [-0.2, -0.15) is 5.10 Å². The molecule has 1 amide bonds. The zero-order valence-electron chi connectivity index (χ0n) is 11.2. The molecule has 1 aliphatic heterocycles. The molecule has 0 aromatic carbocycles. The maximum atomic E-state index is 12.1. The fourth-order valence-electron chi connectivity index (χ4n) is 2.33. The second kappa shape index (κ2) is 6.00. The van der Waals surface area contributed by atoms with Gasteiger partial charge in [-0.1, -0.05) is 13.3 Å². The smallest absolute Gasteiger partial charge is 0.228 e. The average Bonchev–Trinajstić information content (AvgIpc) is 2.71. The van der Waals surface area contributed by atoms with Crippen molar-refractivity contribution >= 4 is 11.7 Å². The number of aryl methyl sites for hydroxylation is 2. The van der Waals surface area contributed by atoms with E-state index in [-0.39, 0.29) is 11.8 Å². The Morgan fingerprint density at radius 1 is 1.56 bits per heavy atom. The van der Waals surface area contributed by atoms with E-state index in [0.29, 0.717) is 0 Å². The van der Waals surface area contributed by atoms with Crippen molar-refractivity contribution in [2.75, 3.05) is 18.4 Å². The topological polar surface area (TPSA) is 59.0 Å². The van der Waals surface area contributed by atoms with Gasteiger partial charge in [0.05, 0.1) is 5.69 Å². The highest BCUT2D eigenvalue weighted by Gasteiger charge is 2.21. The highest BCUT2D eigenvalue weighted by molar-refractivity contribution is 5.91. The Morgan fingerprint density at radius 3 is 2.94 bits per heavy atom. The molecule has 1 saturated heterocycles. The third-order valence-electron chi connectivity index (χ3n) is 3.40. The van der Waals surface area contributed by atoms with Gasteiger partial charge in [-0.05, 0) is 32.4 Å². The van der Waals surface area contributed by atoms with Crippen LogP contribution in [-0.2, 0) is 18.3 Å². The maximum Gasteiger partial charge on any atom is 0.228 e. The number of aromatic nitrogens is 2. The van der Waals surface area contributed by atoms with Gasteiger partial charge in [0.1, 0.15) is 5.82 Å². The number of rotatable bonds is 4. The molecular formula is C13H22N4O. The molecule has 1 aromatic heterocycles. The summed E-state index contributed by atoms with van der Waals surface area (Å²) in [4.78, 5) is 12.1. The average molecular weight is 250 g/mol. The van der Waals surface area contributed by atoms with Crippen molar-refractivity contribution in [3.63, 3.8) is 0 Å². The van der Waals surface area contributed by atoms with E-state index < -0.39 is 0 Å². The van der Waals surface area contributed by atoms with Crippen LogP contribution >= 0.6 is 0 Å². The summed E-state index contributed by atoms with van der Waals surface area (Å²) >= 11 is 0. The van der Waals surface area contributed by atoms with E-state index >= 15 is 0 Å². The SMILES string of the molecule is CCCc1cc(NC(=O)C2CCNCC2)n(C)n1. The molecule has 1 aliphatic rings. The first kappa shape index (κ1) is 13.1. The Kier molecular flexibility index (Phi) is 4.36. The summed E-state index contributed by atoms with van der Waals surface area (Å²) in [6.45, 7) is 4.00. The summed E-state index contributed by atoms with van der Waals surface area (Å²) in [6, 6.07) is 1.97. The van der Waals surface area contributed by atoms with Crippen molar-refractivity contribution in [1.29, 1.82) is 0 Å². The van der Waals surface area contributed by atoms with Crippen molar-refractivity contribution in [3.05, 3.63) is 11.8 Å². The second-order valence-corrected chi connectivity index (χ2v) is 4.91. The second-order valence-electron chi connectivity index (χ2n) is 4.91. The van der Waals surface area contributed by atoms with Crippen LogP contribution in [0.15, 0.2) is 6.07 Å². The molecule has 0 aliphatic carbocycles. The van der Waals surface area contributed by atoms with Crippen LogP contribution in [0, 0.1) is 5.92 Å². The predicted octanol–water partition coefficient (Wildman–Crippen LogP) is 1.31. The molecule has 5 nitrogen and oxygen atoms in total. The van der Waals surface area contributed by atoms with E-state index in [9.17, 15) is 4.79 Å². The largest absolute Gasteiger partial charge is 0.317 e. The van der Waals surface area contributed by atoms with Crippen LogP contribution in [0.25, 0.3) is 0 Å². The van der Waals surface area contributed by atoms with Gasteiger partial charge in [0.15, 0.2) is 0 Å². The van der Waals surface area contributed by atoms with E-state index in [2.05, 4.69) is 22.7 Å². The minimum Gasteiger partial charge on any atom is -0.317 e. The minimum atomic E-state index is 0.127. The first-order chi connectivity index (χ1) is 8.70. The lowest BCUT2D eigenvalue weighted by atomic mass is 9.97. The van der Waals surface area contributed by atoms with E-state index in [4.69, 9.17) is 0 Å². The van der Waals surface area contributed by atoms with E-state index in [1.807, 2.05) is 13.1 Å². The third-order valence-corrected chi connectivity index (χ3v) is 3.40. The zero-order chi connectivity index (χ0) is 13.0. The minimum absolute atomic E-state index is 0.127. The molecule has 100 valence electrons. The van der Waals surface area contributed by atoms with Crippen molar-refractivity contribution in [2.24, 2.45) is 13.0 Å². The Bertz CT molecular complexity index is 407. The van der Waals surface area contributed by atoms with Crippen LogP contribution in [0.4, 0.5) is 5.82 Å². The molecule has 18 heavy (non-hydrogen) atoms. The summed E-state index contributed by atoms with van der Waals surface area (Å²) in [5.74, 6) is 1.07. The van der Waals surface area contributed by atoms with E-state index in [1.165, 1.54) is 0 Å². The van der Waals surface area contributed by atoms with E-state index in [1.54, 1.807) is 4.68 Å². The number of anilines is 1. The molecule has 0 spiro atoms. The number of amides is 1. The number of carbonyl (C=O) groups excluding carboxylic acids is 1. The summed E-state index contributed by atoms with van der Waals surface area (Å²) in [5, 5.41) is 10.6. The van der Waals surface area contributed by atoms with Gasteiger partial charge in [0, 0.05) is 19.0 Å². The fraction of sp³-hybridized carbons (Fsp3) is 0.692. The van der Waals surface area contributed by atoms with Crippen LogP contribution in [0.2, 0.25) is 0 Å². The number of hydrogen-bond donors (Lipinski definition) is 2. The van der Waals surface area contributed by atoms with Gasteiger partial charge < -0.3 is 10.6 Å². The van der Waals surface area contributed by atoms with Crippen LogP contribution in [0.3, 0.4) is 0 Å². The van der Waals surface area contributed by atoms with Crippen LogP contribution in [0.1, 0.15) is 31.9 Å². The molecule has 2 rings (SSSR count). The number of piperidine rings is 1. The summed E-state index contributed by atoms with van der Waals surface area (Å²) in [6.07, 6.45) is 3.87. The fourth-order valence-corrected chi connectivity index (χ4v) is 2.33. The Hall–Kier alpha value is -1.36. The molecule has 0 saturated carbocycles. The maximum absolute atomic E-state index is 12.1. The molecule has 1 fully saturated rings. The monoisotopic (exact) mass is 250 g/mol. The van der Waals surface area contributed by atoms with Gasteiger partial charge in [-0.15, -0.1) is 0 Å². The number of carbonyl (C=O) groups is 1. The van der Waals surface area contributed by atoms with Gasteiger partial charge in [-0.25, -0.2) is 0 Å². The molecule has 5 heteroatoms. The number of nitrogens with one attached hydrogen (secondary N) is 2. The van der Waals surface area contributed by atoms with Crippen LogP contribution in [-0.4, -0.2) is 28.8 Å².